The number of hydrogen-bond donors (Lipinski definition) is 2. The lowest BCUT2D eigenvalue weighted by molar-refractivity contribution is 0.625. The maximum atomic E-state index is 13.1. The van der Waals surface area contributed by atoms with E-state index in [1.165, 1.54) is 6.07 Å². The third-order valence-corrected chi connectivity index (χ3v) is 4.68. The minimum atomic E-state index is -0.186. The summed E-state index contributed by atoms with van der Waals surface area (Å²) < 4.78 is 13.1. The summed E-state index contributed by atoms with van der Waals surface area (Å²) in [6.07, 6.45) is 1.79. The largest absolute Gasteiger partial charge is 0.357 e. The molecule has 1 aromatic heterocycles. The molecule has 0 fully saturated rings. The maximum Gasteiger partial charge on any atom is 0.191 e. The highest BCUT2D eigenvalue weighted by Crippen LogP contribution is 2.11. The Morgan fingerprint density at radius 3 is 2.72 bits per heavy atom. The molecule has 0 aliphatic rings. The zero-order valence-electron chi connectivity index (χ0n) is 14.9. The van der Waals surface area contributed by atoms with E-state index in [-0.39, 0.29) is 29.8 Å². The minimum absolute atomic E-state index is 0. The van der Waals surface area contributed by atoms with Gasteiger partial charge in [0.1, 0.15) is 5.82 Å². The molecule has 2 aromatic rings. The summed E-state index contributed by atoms with van der Waals surface area (Å²) >= 11 is 1.68. The third-order valence-electron chi connectivity index (χ3n) is 3.64. The normalized spacial score (nSPS) is 11.1. The molecule has 2 rings (SSSR count). The fourth-order valence-corrected chi connectivity index (χ4v) is 3.08. The fraction of sp³-hybridized carbons (Fsp3) is 0.444. The van der Waals surface area contributed by atoms with E-state index in [1.807, 2.05) is 19.9 Å². The quantitative estimate of drug-likeness (QED) is 0.360. The molecule has 0 aliphatic heterocycles. The van der Waals surface area contributed by atoms with Gasteiger partial charge in [-0.2, -0.15) is 0 Å². The number of aliphatic imine (C=N–C) groups is 1. The summed E-state index contributed by atoms with van der Waals surface area (Å²) in [4.78, 5) is 9.11. The molecule has 0 unspecified atom stereocenters. The average Bonchev–Trinajstić information content (AvgIpc) is 3.02. The van der Waals surface area contributed by atoms with Gasteiger partial charge in [0.05, 0.1) is 17.2 Å². The Balaban J connectivity index is 0.00000312. The average molecular weight is 476 g/mol. The van der Waals surface area contributed by atoms with Crippen molar-refractivity contribution in [2.75, 3.05) is 13.1 Å². The molecule has 25 heavy (non-hydrogen) atoms. The Labute approximate surface area is 170 Å². The first kappa shape index (κ1) is 21.8. The smallest absolute Gasteiger partial charge is 0.191 e. The number of aromatic nitrogens is 1. The van der Waals surface area contributed by atoms with Crippen LogP contribution in [0.2, 0.25) is 0 Å². The number of nitrogens with zero attached hydrogens (tertiary/aromatic N) is 2. The van der Waals surface area contributed by atoms with Gasteiger partial charge in [0.25, 0.3) is 0 Å². The predicted molar refractivity (Wildman–Crippen MR) is 115 cm³/mol. The highest BCUT2D eigenvalue weighted by molar-refractivity contribution is 14.0. The molecule has 0 atom stereocenters. The second kappa shape index (κ2) is 11.4. The van der Waals surface area contributed by atoms with E-state index in [0.29, 0.717) is 6.54 Å². The second-order valence-corrected chi connectivity index (χ2v) is 6.47. The van der Waals surface area contributed by atoms with E-state index < -0.39 is 0 Å². The van der Waals surface area contributed by atoms with Crippen LogP contribution in [0.4, 0.5) is 4.39 Å². The van der Waals surface area contributed by atoms with Gasteiger partial charge >= 0.3 is 0 Å². The summed E-state index contributed by atoms with van der Waals surface area (Å²) in [5.74, 6) is 0.595. The molecule has 0 saturated carbocycles. The van der Waals surface area contributed by atoms with E-state index in [9.17, 15) is 4.39 Å². The molecule has 7 heteroatoms. The van der Waals surface area contributed by atoms with Gasteiger partial charge in [-0.05, 0) is 49.9 Å². The number of hydrogen-bond acceptors (Lipinski definition) is 3. The number of thiazole rings is 1. The maximum absolute atomic E-state index is 13.1. The summed E-state index contributed by atoms with van der Waals surface area (Å²) in [5.41, 5.74) is 3.13. The molecular weight excluding hydrogens is 450 g/mol. The van der Waals surface area contributed by atoms with Gasteiger partial charge in [0, 0.05) is 18.5 Å². The first-order valence-electron chi connectivity index (χ1n) is 8.32. The first-order chi connectivity index (χ1) is 11.6. The van der Waals surface area contributed by atoms with Crippen LogP contribution in [0.15, 0.2) is 28.6 Å². The van der Waals surface area contributed by atoms with Crippen LogP contribution in [0, 0.1) is 12.7 Å². The van der Waals surface area contributed by atoms with Gasteiger partial charge in [-0.15, -0.1) is 35.3 Å². The molecule has 2 N–H and O–H groups in total. The third kappa shape index (κ3) is 7.27. The van der Waals surface area contributed by atoms with Crippen LogP contribution >= 0.6 is 35.3 Å². The van der Waals surface area contributed by atoms with Crippen molar-refractivity contribution < 1.29 is 4.39 Å². The van der Waals surface area contributed by atoms with Crippen molar-refractivity contribution in [2.45, 2.75) is 40.2 Å². The van der Waals surface area contributed by atoms with E-state index >= 15 is 0 Å². The van der Waals surface area contributed by atoms with E-state index in [1.54, 1.807) is 17.4 Å². The van der Waals surface area contributed by atoms with Gasteiger partial charge in [0.15, 0.2) is 5.96 Å². The minimum Gasteiger partial charge on any atom is -0.357 e. The van der Waals surface area contributed by atoms with Crippen LogP contribution in [0.3, 0.4) is 0 Å². The number of rotatable bonds is 7. The predicted octanol–water partition coefficient (Wildman–Crippen LogP) is 4.07. The van der Waals surface area contributed by atoms with E-state index in [4.69, 9.17) is 0 Å². The zero-order valence-corrected chi connectivity index (χ0v) is 18.1. The highest BCUT2D eigenvalue weighted by Gasteiger charge is 2.03. The number of guanidine groups is 1. The van der Waals surface area contributed by atoms with Crippen molar-refractivity contribution >= 4 is 41.3 Å². The summed E-state index contributed by atoms with van der Waals surface area (Å²) in [6.45, 7) is 8.20. The van der Waals surface area contributed by atoms with Crippen molar-refractivity contribution in [3.8, 4) is 0 Å². The van der Waals surface area contributed by atoms with Crippen LogP contribution < -0.4 is 10.6 Å². The Morgan fingerprint density at radius 2 is 2.08 bits per heavy atom. The van der Waals surface area contributed by atoms with Crippen molar-refractivity contribution in [1.82, 2.24) is 15.6 Å². The molecule has 1 heterocycles. The van der Waals surface area contributed by atoms with Crippen LogP contribution in [-0.2, 0) is 19.4 Å². The Morgan fingerprint density at radius 1 is 1.28 bits per heavy atom. The topological polar surface area (TPSA) is 49.3 Å². The molecule has 0 bridgehead atoms. The SMILES string of the molecule is CCNC(=NCc1csc(CC)n1)NCCc1ccc(F)cc1C.I. The van der Waals surface area contributed by atoms with Gasteiger partial charge in [0.2, 0.25) is 0 Å². The number of nitrogens with one attached hydrogen (secondary N) is 2. The fourth-order valence-electron chi connectivity index (χ4n) is 2.34. The van der Waals surface area contributed by atoms with Crippen LogP contribution in [0.1, 0.15) is 35.7 Å². The van der Waals surface area contributed by atoms with Gasteiger partial charge < -0.3 is 10.6 Å². The first-order valence-corrected chi connectivity index (χ1v) is 9.20. The van der Waals surface area contributed by atoms with E-state index in [2.05, 4.69) is 32.9 Å². The Kier molecular flexibility index (Phi) is 9.96. The lowest BCUT2D eigenvalue weighted by Gasteiger charge is -2.12. The highest BCUT2D eigenvalue weighted by atomic mass is 127. The molecule has 0 saturated heterocycles. The molecule has 1 aromatic carbocycles. The molecule has 138 valence electrons. The molecule has 4 nitrogen and oxygen atoms in total. The number of aryl methyl sites for hydroxylation is 2. The van der Waals surface area contributed by atoms with Crippen LogP contribution in [0.25, 0.3) is 0 Å². The van der Waals surface area contributed by atoms with Crippen molar-refractivity contribution in [2.24, 2.45) is 4.99 Å². The van der Waals surface area contributed by atoms with Crippen LogP contribution in [-0.4, -0.2) is 24.0 Å². The summed E-state index contributed by atoms with van der Waals surface area (Å²) in [6, 6.07) is 4.93. The second-order valence-electron chi connectivity index (χ2n) is 5.53. The molecule has 0 spiro atoms. The standard InChI is InChI=1S/C18H25FN4S.HI/c1-4-17-23-16(12-24-17)11-22-18(20-5-2)21-9-8-14-6-7-15(19)10-13(14)3;/h6-7,10,12H,4-5,8-9,11H2,1-3H3,(H2,20,21,22);1H. The molecule has 0 amide bonds. The molecule has 0 radical (unpaired) electrons. The van der Waals surface area contributed by atoms with Gasteiger partial charge in [-0.25, -0.2) is 14.4 Å². The molecular formula is C18H26FIN4S. The number of halogens is 2. The van der Waals surface area contributed by atoms with Crippen molar-refractivity contribution in [1.29, 1.82) is 0 Å². The Hall–Kier alpha value is -1.22. The number of benzene rings is 1. The van der Waals surface area contributed by atoms with Crippen LogP contribution in [0.5, 0.6) is 0 Å². The monoisotopic (exact) mass is 476 g/mol. The molecule has 0 aliphatic carbocycles. The van der Waals surface area contributed by atoms with Gasteiger partial charge in [-0.1, -0.05) is 13.0 Å². The van der Waals surface area contributed by atoms with Crippen molar-refractivity contribution in [3.63, 3.8) is 0 Å². The van der Waals surface area contributed by atoms with Gasteiger partial charge in [-0.3, -0.25) is 0 Å². The Bertz CT molecular complexity index is 687. The lowest BCUT2D eigenvalue weighted by Crippen LogP contribution is -2.38. The zero-order chi connectivity index (χ0) is 17.4. The lowest BCUT2D eigenvalue weighted by atomic mass is 10.1. The summed E-state index contributed by atoms with van der Waals surface area (Å²) in [5, 5.41) is 9.77. The summed E-state index contributed by atoms with van der Waals surface area (Å²) in [7, 11) is 0. The van der Waals surface area contributed by atoms with Crippen molar-refractivity contribution in [3.05, 3.63) is 51.2 Å². The van der Waals surface area contributed by atoms with E-state index in [0.717, 1.165) is 53.7 Å².